The van der Waals surface area contributed by atoms with E-state index in [1.54, 1.807) is 29.5 Å². The number of aromatic nitrogens is 1. The van der Waals surface area contributed by atoms with Crippen LogP contribution in [0.25, 0.3) is 20.8 Å². The van der Waals surface area contributed by atoms with E-state index in [4.69, 9.17) is 21.9 Å². The fourth-order valence-electron chi connectivity index (χ4n) is 3.12. The van der Waals surface area contributed by atoms with E-state index in [1.165, 1.54) is 0 Å². The van der Waals surface area contributed by atoms with Crippen molar-refractivity contribution in [2.45, 2.75) is 26.4 Å². The predicted octanol–water partition coefficient (Wildman–Crippen LogP) is 6.27. The Balaban J connectivity index is 1.48. The van der Waals surface area contributed by atoms with Crippen LogP contribution in [0.2, 0.25) is 0 Å². The average molecular weight is 462 g/mol. The van der Waals surface area contributed by atoms with Crippen LogP contribution < -0.4 is 15.4 Å². The fraction of sp³-hybridized carbons (Fsp3) is 0.160. The number of nitrogens with one attached hydrogen (secondary N) is 2. The van der Waals surface area contributed by atoms with E-state index in [-0.39, 0.29) is 17.1 Å². The highest BCUT2D eigenvalue weighted by Gasteiger charge is 2.14. The minimum absolute atomic E-state index is 0.0788. The second-order valence-corrected chi connectivity index (χ2v) is 8.74. The zero-order valence-corrected chi connectivity index (χ0v) is 19.4. The maximum Gasteiger partial charge on any atom is 0.257 e. The molecule has 162 valence electrons. The summed E-state index contributed by atoms with van der Waals surface area (Å²) in [5, 5.41) is 7.00. The van der Waals surface area contributed by atoms with E-state index in [2.05, 4.69) is 23.6 Å². The summed E-state index contributed by atoms with van der Waals surface area (Å²) >= 11 is 7.03. The summed E-state index contributed by atoms with van der Waals surface area (Å²) < 4.78 is 6.93. The molecule has 0 bridgehead atoms. The first-order valence-corrected chi connectivity index (χ1v) is 11.6. The third kappa shape index (κ3) is 5.12. The van der Waals surface area contributed by atoms with Gasteiger partial charge in [-0.15, -0.1) is 11.3 Å². The monoisotopic (exact) mass is 461 g/mol. The largest absolute Gasteiger partial charge is 0.491 e. The van der Waals surface area contributed by atoms with Crippen molar-refractivity contribution in [3.05, 3.63) is 78.4 Å². The number of rotatable bonds is 6. The number of thiazole rings is 1. The highest BCUT2D eigenvalue weighted by atomic mass is 32.1. The molecule has 0 saturated heterocycles. The standard InChI is InChI=1S/C25H23N3O2S2/c1-3-16(2)30-18-10-8-9-17(15-18)23(29)28-25(31)27-20-12-5-4-11-19(20)24-26-21-13-6-7-14-22(21)32-24/h4-16H,3H2,1-2H3,(H2,27,28,29,31)/t16-/m1/s1. The van der Waals surface area contributed by atoms with Gasteiger partial charge >= 0.3 is 0 Å². The minimum atomic E-state index is -0.297. The molecule has 0 unspecified atom stereocenters. The van der Waals surface area contributed by atoms with Gasteiger partial charge in [0.25, 0.3) is 5.91 Å². The van der Waals surface area contributed by atoms with E-state index in [0.29, 0.717) is 11.3 Å². The molecule has 1 heterocycles. The smallest absolute Gasteiger partial charge is 0.257 e. The molecule has 0 aliphatic rings. The topological polar surface area (TPSA) is 63.2 Å². The van der Waals surface area contributed by atoms with Gasteiger partial charge in [-0.1, -0.05) is 37.3 Å². The second kappa shape index (κ2) is 9.89. The van der Waals surface area contributed by atoms with Crippen LogP contribution in [0.15, 0.2) is 72.8 Å². The molecule has 32 heavy (non-hydrogen) atoms. The van der Waals surface area contributed by atoms with Crippen molar-refractivity contribution in [3.63, 3.8) is 0 Å². The van der Waals surface area contributed by atoms with Gasteiger partial charge in [0.2, 0.25) is 0 Å². The van der Waals surface area contributed by atoms with Gasteiger partial charge in [-0.2, -0.15) is 0 Å². The van der Waals surface area contributed by atoms with Crippen LogP contribution in [0.5, 0.6) is 5.75 Å². The lowest BCUT2D eigenvalue weighted by atomic mass is 10.2. The molecule has 2 N–H and O–H groups in total. The summed E-state index contributed by atoms with van der Waals surface area (Å²) in [7, 11) is 0. The Kier molecular flexibility index (Phi) is 6.78. The number of carbonyl (C=O) groups excluding carboxylic acids is 1. The maximum atomic E-state index is 12.7. The van der Waals surface area contributed by atoms with Crippen molar-refractivity contribution in [2.75, 3.05) is 5.32 Å². The first-order valence-electron chi connectivity index (χ1n) is 10.4. The Morgan fingerprint density at radius 3 is 2.69 bits per heavy atom. The molecule has 0 fully saturated rings. The van der Waals surface area contributed by atoms with Crippen LogP contribution >= 0.6 is 23.6 Å². The van der Waals surface area contributed by atoms with Gasteiger partial charge in [0.05, 0.1) is 22.0 Å². The zero-order chi connectivity index (χ0) is 22.5. The molecule has 1 atom stereocenters. The van der Waals surface area contributed by atoms with E-state index in [9.17, 15) is 4.79 Å². The van der Waals surface area contributed by atoms with Gasteiger partial charge in [0.1, 0.15) is 10.8 Å². The van der Waals surface area contributed by atoms with E-state index in [0.717, 1.165) is 32.9 Å². The van der Waals surface area contributed by atoms with E-state index in [1.807, 2.05) is 55.5 Å². The molecule has 1 aromatic heterocycles. The molecular weight excluding hydrogens is 438 g/mol. The van der Waals surface area contributed by atoms with Crippen molar-refractivity contribution in [2.24, 2.45) is 0 Å². The lowest BCUT2D eigenvalue weighted by Gasteiger charge is -2.14. The molecule has 3 aromatic carbocycles. The molecule has 1 amide bonds. The molecule has 0 radical (unpaired) electrons. The van der Waals surface area contributed by atoms with E-state index >= 15 is 0 Å². The number of amides is 1. The number of ether oxygens (including phenoxy) is 1. The summed E-state index contributed by atoms with van der Waals surface area (Å²) in [6.07, 6.45) is 0.966. The molecule has 0 aliphatic carbocycles. The van der Waals surface area contributed by atoms with Crippen molar-refractivity contribution < 1.29 is 9.53 Å². The number of anilines is 1. The number of hydrogen-bond acceptors (Lipinski definition) is 5. The van der Waals surface area contributed by atoms with E-state index < -0.39 is 0 Å². The number of hydrogen-bond donors (Lipinski definition) is 2. The highest BCUT2D eigenvalue weighted by molar-refractivity contribution is 7.80. The van der Waals surface area contributed by atoms with Crippen LogP contribution in [-0.4, -0.2) is 22.1 Å². The van der Waals surface area contributed by atoms with Gasteiger partial charge < -0.3 is 10.1 Å². The fourth-order valence-corrected chi connectivity index (χ4v) is 4.33. The average Bonchev–Trinajstić information content (AvgIpc) is 3.23. The zero-order valence-electron chi connectivity index (χ0n) is 17.8. The molecular formula is C25H23N3O2S2. The first-order chi connectivity index (χ1) is 15.5. The van der Waals surface area contributed by atoms with Gasteiger partial charge in [0, 0.05) is 11.1 Å². The van der Waals surface area contributed by atoms with Crippen molar-refractivity contribution in [3.8, 4) is 16.3 Å². The van der Waals surface area contributed by atoms with Crippen LogP contribution in [-0.2, 0) is 0 Å². The molecule has 0 saturated carbocycles. The van der Waals surface area contributed by atoms with Gasteiger partial charge in [-0.25, -0.2) is 4.98 Å². The number of fused-ring (bicyclic) bond motifs is 1. The third-order valence-corrected chi connectivity index (χ3v) is 6.21. The summed E-state index contributed by atoms with van der Waals surface area (Å²) in [5.74, 6) is 0.363. The Morgan fingerprint density at radius 1 is 1.09 bits per heavy atom. The molecule has 4 rings (SSSR count). The summed E-state index contributed by atoms with van der Waals surface area (Å²) in [5.41, 5.74) is 3.15. The lowest BCUT2D eigenvalue weighted by Crippen LogP contribution is -2.34. The Labute approximate surface area is 196 Å². The predicted molar refractivity (Wildman–Crippen MR) is 136 cm³/mol. The second-order valence-electron chi connectivity index (χ2n) is 7.31. The lowest BCUT2D eigenvalue weighted by molar-refractivity contribution is 0.0977. The number of carbonyl (C=O) groups is 1. The van der Waals surface area contributed by atoms with Crippen molar-refractivity contribution in [1.82, 2.24) is 10.3 Å². The first kappa shape index (κ1) is 21.9. The van der Waals surface area contributed by atoms with Crippen LogP contribution in [0, 0.1) is 0 Å². The highest BCUT2D eigenvalue weighted by Crippen LogP contribution is 2.34. The molecule has 5 nitrogen and oxygen atoms in total. The Morgan fingerprint density at radius 2 is 1.88 bits per heavy atom. The molecule has 7 heteroatoms. The van der Waals surface area contributed by atoms with Crippen molar-refractivity contribution >= 4 is 50.5 Å². The van der Waals surface area contributed by atoms with Gasteiger partial charge in [0.15, 0.2) is 5.11 Å². The molecule has 0 aliphatic heterocycles. The van der Waals surface area contributed by atoms with Gasteiger partial charge in [-0.05, 0) is 68.0 Å². The number of para-hydroxylation sites is 2. The summed E-state index contributed by atoms with van der Waals surface area (Å²) in [6.45, 7) is 4.05. The number of benzene rings is 3. The number of nitrogens with zero attached hydrogens (tertiary/aromatic N) is 1. The normalized spacial score (nSPS) is 11.7. The van der Waals surface area contributed by atoms with Crippen LogP contribution in [0.4, 0.5) is 5.69 Å². The SMILES string of the molecule is CC[C@@H](C)Oc1cccc(C(=O)NC(=S)Nc2ccccc2-c2nc3ccccc3s2)c1. The van der Waals surface area contributed by atoms with Crippen LogP contribution in [0.3, 0.4) is 0 Å². The molecule has 4 aromatic rings. The summed E-state index contributed by atoms with van der Waals surface area (Å²) in [4.78, 5) is 17.5. The van der Waals surface area contributed by atoms with Crippen molar-refractivity contribution in [1.29, 1.82) is 0 Å². The number of thiocarbonyl (C=S) groups is 1. The van der Waals surface area contributed by atoms with Gasteiger partial charge in [-0.3, -0.25) is 10.1 Å². The Bertz CT molecular complexity index is 1240. The van der Waals surface area contributed by atoms with Crippen LogP contribution in [0.1, 0.15) is 30.6 Å². The Hall–Kier alpha value is -3.29. The molecule has 0 spiro atoms. The third-order valence-electron chi connectivity index (χ3n) is 4.94. The summed E-state index contributed by atoms with van der Waals surface area (Å²) in [6, 6.07) is 22.9. The maximum absolute atomic E-state index is 12.7. The quantitative estimate of drug-likeness (QED) is 0.332. The minimum Gasteiger partial charge on any atom is -0.491 e.